The van der Waals surface area contributed by atoms with Gasteiger partial charge in [-0.1, -0.05) is 37.3 Å². The second-order valence-electron chi connectivity index (χ2n) is 5.02. The number of rotatable bonds is 8. The normalized spacial score (nSPS) is 13.3. The molecule has 5 heteroatoms. The average Bonchev–Trinajstić information content (AvgIpc) is 2.48. The molecule has 0 spiro atoms. The van der Waals surface area contributed by atoms with Crippen molar-refractivity contribution in [2.75, 3.05) is 13.2 Å². The number of carbonyl (C=O) groups is 2. The molecule has 0 aliphatic carbocycles. The number of esters is 1. The summed E-state index contributed by atoms with van der Waals surface area (Å²) >= 11 is 0. The summed E-state index contributed by atoms with van der Waals surface area (Å²) in [6.45, 7) is 4.35. The van der Waals surface area contributed by atoms with Gasteiger partial charge in [0.15, 0.2) is 0 Å². The third-order valence-electron chi connectivity index (χ3n) is 3.20. The second kappa shape index (κ2) is 9.13. The molecule has 0 aromatic heterocycles. The third-order valence-corrected chi connectivity index (χ3v) is 3.20. The molecule has 0 bridgehead atoms. The molecule has 1 aromatic carbocycles. The zero-order chi connectivity index (χ0) is 15.7. The van der Waals surface area contributed by atoms with Crippen molar-refractivity contribution in [3.05, 3.63) is 35.9 Å². The molecule has 0 heterocycles. The lowest BCUT2D eigenvalue weighted by Crippen LogP contribution is -2.38. The molecule has 2 atom stereocenters. The number of hydrogen-bond acceptors (Lipinski definition) is 4. The van der Waals surface area contributed by atoms with E-state index in [9.17, 15) is 9.59 Å². The molecule has 1 amide bonds. The van der Waals surface area contributed by atoms with Crippen LogP contribution in [0.4, 0.5) is 0 Å². The Hall–Kier alpha value is -1.88. The molecule has 0 aliphatic heterocycles. The maximum Gasteiger partial charge on any atom is 0.322 e. The Morgan fingerprint density at radius 1 is 1.29 bits per heavy atom. The number of hydrogen-bond donors (Lipinski definition) is 2. The molecule has 0 aliphatic rings. The fourth-order valence-corrected chi connectivity index (χ4v) is 1.98. The highest BCUT2D eigenvalue weighted by atomic mass is 16.5. The lowest BCUT2D eigenvalue weighted by molar-refractivity contribution is -0.145. The van der Waals surface area contributed by atoms with Crippen LogP contribution >= 0.6 is 0 Å². The summed E-state index contributed by atoms with van der Waals surface area (Å²) in [5.74, 6) is -0.868. The fraction of sp³-hybridized carbons (Fsp3) is 0.500. The first kappa shape index (κ1) is 17.2. The third kappa shape index (κ3) is 6.40. The van der Waals surface area contributed by atoms with Crippen LogP contribution in [0.1, 0.15) is 25.8 Å². The van der Waals surface area contributed by atoms with Gasteiger partial charge in [-0.05, 0) is 25.3 Å². The van der Waals surface area contributed by atoms with E-state index in [1.807, 2.05) is 30.3 Å². The minimum Gasteiger partial charge on any atom is -0.465 e. The smallest absolute Gasteiger partial charge is 0.322 e. The number of amides is 1. The molecule has 3 N–H and O–H groups in total. The first-order valence-electron chi connectivity index (χ1n) is 7.28. The van der Waals surface area contributed by atoms with Crippen molar-refractivity contribution >= 4 is 11.9 Å². The topological polar surface area (TPSA) is 81.4 Å². The van der Waals surface area contributed by atoms with Crippen LogP contribution in [-0.2, 0) is 20.7 Å². The highest BCUT2D eigenvalue weighted by Gasteiger charge is 2.21. The summed E-state index contributed by atoms with van der Waals surface area (Å²) < 4.78 is 4.83. The van der Waals surface area contributed by atoms with Crippen molar-refractivity contribution in [3.8, 4) is 0 Å². The zero-order valence-electron chi connectivity index (χ0n) is 12.7. The number of nitrogens with one attached hydrogen (secondary N) is 1. The lowest BCUT2D eigenvalue weighted by atomic mass is 10.0. The van der Waals surface area contributed by atoms with Crippen LogP contribution in [0.3, 0.4) is 0 Å². The molecular formula is C16H24N2O3. The lowest BCUT2D eigenvalue weighted by Gasteiger charge is -2.16. The molecule has 5 nitrogen and oxygen atoms in total. The number of ether oxygens (including phenoxy) is 1. The van der Waals surface area contributed by atoms with E-state index in [1.54, 1.807) is 13.8 Å². The second-order valence-corrected chi connectivity index (χ2v) is 5.02. The van der Waals surface area contributed by atoms with Crippen LogP contribution in [0, 0.1) is 5.92 Å². The van der Waals surface area contributed by atoms with Gasteiger partial charge >= 0.3 is 5.97 Å². The summed E-state index contributed by atoms with van der Waals surface area (Å²) in [5, 5.41) is 2.86. The minimum absolute atomic E-state index is 0.0920. The summed E-state index contributed by atoms with van der Waals surface area (Å²) in [6, 6.07) is 9.19. The first-order chi connectivity index (χ1) is 10.0. The van der Waals surface area contributed by atoms with Gasteiger partial charge < -0.3 is 15.8 Å². The molecule has 0 radical (unpaired) electrons. The number of carbonyl (C=O) groups excluding carboxylic acids is 2. The molecule has 116 valence electrons. The van der Waals surface area contributed by atoms with Gasteiger partial charge in [-0.3, -0.25) is 9.59 Å². The van der Waals surface area contributed by atoms with Gasteiger partial charge in [0.1, 0.15) is 6.04 Å². The van der Waals surface area contributed by atoms with Crippen LogP contribution in [0.25, 0.3) is 0 Å². The quantitative estimate of drug-likeness (QED) is 0.707. The predicted octanol–water partition coefficient (Wildman–Crippen LogP) is 1.26. The summed E-state index contributed by atoms with van der Waals surface area (Å²) in [4.78, 5) is 23.4. The van der Waals surface area contributed by atoms with Gasteiger partial charge in [-0.2, -0.15) is 0 Å². The van der Waals surface area contributed by atoms with E-state index in [-0.39, 0.29) is 18.2 Å². The Kier molecular flexibility index (Phi) is 7.46. The maximum absolute atomic E-state index is 11.9. The van der Waals surface area contributed by atoms with Crippen molar-refractivity contribution < 1.29 is 14.3 Å². The standard InChI is InChI=1S/C16H24N2O3/c1-3-21-16(20)14(17)11-12(2)15(19)18-10-9-13-7-5-4-6-8-13/h4-8,12,14H,3,9-11,17H2,1-2H3,(H,18,19)/t12?,14-/m0/s1. The Balaban J connectivity index is 2.29. The Labute approximate surface area is 125 Å². The molecule has 1 rings (SSSR count). The SMILES string of the molecule is CCOC(=O)[C@@H](N)CC(C)C(=O)NCCc1ccccc1. The van der Waals surface area contributed by atoms with Crippen molar-refractivity contribution in [3.63, 3.8) is 0 Å². The fourth-order valence-electron chi connectivity index (χ4n) is 1.98. The molecule has 1 unspecified atom stereocenters. The largest absolute Gasteiger partial charge is 0.465 e. The van der Waals surface area contributed by atoms with Crippen LogP contribution in [0.2, 0.25) is 0 Å². The maximum atomic E-state index is 11.9. The first-order valence-corrected chi connectivity index (χ1v) is 7.28. The Bertz CT molecular complexity index is 448. The summed E-state index contributed by atoms with van der Waals surface area (Å²) in [5.41, 5.74) is 6.88. The van der Waals surface area contributed by atoms with Crippen molar-refractivity contribution in [2.45, 2.75) is 32.7 Å². The predicted molar refractivity (Wildman–Crippen MR) is 81.5 cm³/mol. The van der Waals surface area contributed by atoms with Crippen molar-refractivity contribution in [2.24, 2.45) is 11.7 Å². The van der Waals surface area contributed by atoms with Gasteiger partial charge in [0.25, 0.3) is 0 Å². The zero-order valence-corrected chi connectivity index (χ0v) is 12.7. The van der Waals surface area contributed by atoms with Crippen LogP contribution in [0.5, 0.6) is 0 Å². The molecule has 1 aromatic rings. The van der Waals surface area contributed by atoms with E-state index in [4.69, 9.17) is 10.5 Å². The average molecular weight is 292 g/mol. The Morgan fingerprint density at radius 3 is 2.57 bits per heavy atom. The Morgan fingerprint density at radius 2 is 1.95 bits per heavy atom. The monoisotopic (exact) mass is 292 g/mol. The molecule has 0 saturated carbocycles. The van der Waals surface area contributed by atoms with E-state index < -0.39 is 12.0 Å². The van der Waals surface area contributed by atoms with Gasteiger partial charge in [0, 0.05) is 12.5 Å². The van der Waals surface area contributed by atoms with Crippen molar-refractivity contribution in [1.82, 2.24) is 5.32 Å². The van der Waals surface area contributed by atoms with Gasteiger partial charge in [0.2, 0.25) is 5.91 Å². The van der Waals surface area contributed by atoms with Crippen LogP contribution in [-0.4, -0.2) is 31.1 Å². The van der Waals surface area contributed by atoms with E-state index >= 15 is 0 Å². The van der Waals surface area contributed by atoms with Gasteiger partial charge in [-0.25, -0.2) is 0 Å². The number of benzene rings is 1. The molecular weight excluding hydrogens is 268 g/mol. The molecule has 0 saturated heterocycles. The molecule has 21 heavy (non-hydrogen) atoms. The van der Waals surface area contributed by atoms with Crippen molar-refractivity contribution in [1.29, 1.82) is 0 Å². The van der Waals surface area contributed by atoms with Gasteiger partial charge in [0.05, 0.1) is 6.61 Å². The van der Waals surface area contributed by atoms with Crippen LogP contribution < -0.4 is 11.1 Å². The highest BCUT2D eigenvalue weighted by Crippen LogP contribution is 2.06. The van der Waals surface area contributed by atoms with Crippen LogP contribution in [0.15, 0.2) is 30.3 Å². The molecule has 0 fully saturated rings. The van der Waals surface area contributed by atoms with E-state index in [2.05, 4.69) is 5.32 Å². The van der Waals surface area contributed by atoms with Gasteiger partial charge in [-0.15, -0.1) is 0 Å². The minimum atomic E-state index is -0.750. The van der Waals surface area contributed by atoms with E-state index in [0.717, 1.165) is 6.42 Å². The summed E-state index contributed by atoms with van der Waals surface area (Å²) in [7, 11) is 0. The van der Waals surface area contributed by atoms with E-state index in [0.29, 0.717) is 13.2 Å². The highest BCUT2D eigenvalue weighted by molar-refractivity contribution is 5.80. The van der Waals surface area contributed by atoms with E-state index in [1.165, 1.54) is 5.56 Å². The summed E-state index contributed by atoms with van der Waals surface area (Å²) in [6.07, 6.45) is 1.07. The number of nitrogens with two attached hydrogens (primary N) is 1.